The molecule has 162 valence electrons. The second-order valence-corrected chi connectivity index (χ2v) is 8.92. The van der Waals surface area contributed by atoms with Crippen molar-refractivity contribution < 1.29 is 18.0 Å². The fraction of sp³-hybridized carbons (Fsp3) is 0.667. The van der Waals surface area contributed by atoms with E-state index in [0.717, 1.165) is 54.3 Å². The first-order valence-corrected chi connectivity index (χ1v) is 10.6. The molecule has 2 saturated heterocycles. The monoisotopic (exact) mass is 419 g/mol. The molecule has 3 aliphatic heterocycles. The van der Waals surface area contributed by atoms with Gasteiger partial charge in [-0.05, 0) is 26.8 Å². The molecule has 0 aromatic carbocycles. The van der Waals surface area contributed by atoms with E-state index in [1.54, 1.807) is 0 Å². The van der Waals surface area contributed by atoms with Crippen LogP contribution in [0.4, 0.5) is 14.7 Å². The molecule has 2 aromatic rings. The maximum atomic E-state index is 13.6. The molecule has 2 aromatic heterocycles. The number of anilines is 1. The molecule has 9 heteroatoms. The third-order valence-electron chi connectivity index (χ3n) is 6.76. The lowest BCUT2D eigenvalue weighted by molar-refractivity contribution is -0.0223. The first-order valence-electron chi connectivity index (χ1n) is 10.6. The van der Waals surface area contributed by atoms with Gasteiger partial charge < -0.3 is 14.2 Å². The average molecular weight is 419 g/mol. The molecule has 5 rings (SSSR count). The Morgan fingerprint density at radius 3 is 2.67 bits per heavy atom. The number of hydrogen-bond acceptors (Lipinski definition) is 7. The number of piperidine rings is 1. The molecule has 0 bridgehead atoms. The molecular weight excluding hydrogens is 392 g/mol. The molecule has 1 unspecified atom stereocenters. The summed E-state index contributed by atoms with van der Waals surface area (Å²) in [4.78, 5) is 13.7. The van der Waals surface area contributed by atoms with Crippen molar-refractivity contribution in [3.8, 4) is 0 Å². The molecule has 1 spiro atoms. The number of rotatable bonds is 3. The number of fused-ring (bicyclic) bond motifs is 2. The lowest BCUT2D eigenvalue weighted by Crippen LogP contribution is -2.43. The highest BCUT2D eigenvalue weighted by Gasteiger charge is 2.45. The van der Waals surface area contributed by atoms with E-state index in [1.165, 1.54) is 0 Å². The SMILES string of the molecule is Cc1noc(C)c1CN1CCC2(COCc3cnc(N4CCC(F)(F)CC4)nc32)C1. The van der Waals surface area contributed by atoms with Crippen molar-refractivity contribution in [1.82, 2.24) is 20.0 Å². The van der Waals surface area contributed by atoms with E-state index in [9.17, 15) is 8.78 Å². The van der Waals surface area contributed by atoms with E-state index in [0.29, 0.717) is 19.2 Å². The van der Waals surface area contributed by atoms with Crippen molar-refractivity contribution in [3.63, 3.8) is 0 Å². The molecule has 0 aliphatic carbocycles. The fourth-order valence-corrected chi connectivity index (χ4v) is 4.93. The Bertz CT molecular complexity index is 920. The van der Waals surface area contributed by atoms with Gasteiger partial charge in [-0.2, -0.15) is 0 Å². The lowest BCUT2D eigenvalue weighted by atomic mass is 9.80. The number of halogens is 2. The zero-order valence-corrected chi connectivity index (χ0v) is 17.5. The van der Waals surface area contributed by atoms with Crippen LogP contribution in [-0.2, 0) is 23.3 Å². The van der Waals surface area contributed by atoms with Crippen LogP contribution in [0.25, 0.3) is 0 Å². The summed E-state index contributed by atoms with van der Waals surface area (Å²) < 4.78 is 38.4. The highest BCUT2D eigenvalue weighted by Crippen LogP contribution is 2.40. The van der Waals surface area contributed by atoms with E-state index < -0.39 is 5.92 Å². The summed E-state index contributed by atoms with van der Waals surface area (Å²) in [5.74, 6) is -1.15. The van der Waals surface area contributed by atoms with Gasteiger partial charge in [0.15, 0.2) is 0 Å². The second kappa shape index (κ2) is 7.23. The predicted molar refractivity (Wildman–Crippen MR) is 106 cm³/mol. The van der Waals surface area contributed by atoms with Crippen LogP contribution in [0.3, 0.4) is 0 Å². The standard InChI is InChI=1S/C21H27F2N5O2/c1-14-17(15(2)30-26-14)10-27-6-3-20(12-27)13-29-11-16-9-24-19(25-18(16)20)28-7-4-21(22,23)5-8-28/h9H,3-8,10-13H2,1-2H3. The molecule has 7 nitrogen and oxygen atoms in total. The molecule has 0 saturated carbocycles. The fourth-order valence-electron chi connectivity index (χ4n) is 4.93. The predicted octanol–water partition coefficient (Wildman–Crippen LogP) is 2.99. The van der Waals surface area contributed by atoms with Crippen LogP contribution < -0.4 is 4.90 Å². The molecule has 3 aliphatic rings. The summed E-state index contributed by atoms with van der Waals surface area (Å²) in [7, 11) is 0. The average Bonchev–Trinajstić information content (AvgIpc) is 3.27. The van der Waals surface area contributed by atoms with Gasteiger partial charge >= 0.3 is 0 Å². The minimum atomic E-state index is -2.58. The van der Waals surface area contributed by atoms with E-state index in [2.05, 4.69) is 15.0 Å². The molecule has 1 atom stereocenters. The van der Waals surface area contributed by atoms with E-state index in [4.69, 9.17) is 14.2 Å². The number of nitrogens with zero attached hydrogens (tertiary/aromatic N) is 5. The minimum Gasteiger partial charge on any atom is -0.376 e. The van der Waals surface area contributed by atoms with Crippen molar-refractivity contribution in [3.05, 3.63) is 34.5 Å². The Kier molecular flexibility index (Phi) is 4.77. The van der Waals surface area contributed by atoms with E-state index in [1.807, 2.05) is 24.9 Å². The highest BCUT2D eigenvalue weighted by molar-refractivity contribution is 5.39. The normalized spacial score (nSPS) is 26.3. The summed E-state index contributed by atoms with van der Waals surface area (Å²) in [6.45, 7) is 8.16. The smallest absolute Gasteiger partial charge is 0.251 e. The Balaban J connectivity index is 1.38. The van der Waals surface area contributed by atoms with Crippen molar-refractivity contribution in [2.45, 2.75) is 57.6 Å². The number of aryl methyl sites for hydroxylation is 2. The van der Waals surface area contributed by atoms with E-state index in [-0.39, 0.29) is 31.3 Å². The molecule has 0 N–H and O–H groups in total. The van der Waals surface area contributed by atoms with Crippen LogP contribution in [0.5, 0.6) is 0 Å². The van der Waals surface area contributed by atoms with Crippen molar-refractivity contribution in [2.24, 2.45) is 0 Å². The summed E-state index contributed by atoms with van der Waals surface area (Å²) in [6, 6.07) is 0. The third-order valence-corrected chi connectivity index (χ3v) is 6.76. The van der Waals surface area contributed by atoms with Gasteiger partial charge in [-0.1, -0.05) is 5.16 Å². The number of likely N-dealkylation sites (tertiary alicyclic amines) is 1. The maximum absolute atomic E-state index is 13.6. The van der Waals surface area contributed by atoms with E-state index >= 15 is 0 Å². The molecule has 0 amide bonds. The first-order chi connectivity index (χ1) is 14.4. The van der Waals surface area contributed by atoms with Crippen LogP contribution in [0.2, 0.25) is 0 Å². The highest BCUT2D eigenvalue weighted by atomic mass is 19.3. The number of alkyl halides is 2. The topological polar surface area (TPSA) is 67.5 Å². The van der Waals surface area contributed by atoms with Crippen molar-refractivity contribution in [2.75, 3.05) is 37.7 Å². The van der Waals surface area contributed by atoms with Crippen LogP contribution in [0.1, 0.15) is 47.5 Å². The quantitative estimate of drug-likeness (QED) is 0.758. The third kappa shape index (κ3) is 3.47. The molecular formula is C21H27F2N5O2. The first kappa shape index (κ1) is 19.8. The second-order valence-electron chi connectivity index (χ2n) is 8.92. The van der Waals surface area contributed by atoms with Gasteiger partial charge in [0.05, 0.1) is 30.0 Å². The lowest BCUT2D eigenvalue weighted by Gasteiger charge is -2.36. The van der Waals surface area contributed by atoms with Crippen LogP contribution in [-0.4, -0.2) is 58.7 Å². The Hall–Kier alpha value is -2.13. The molecule has 30 heavy (non-hydrogen) atoms. The van der Waals surface area contributed by atoms with Gasteiger partial charge in [-0.3, -0.25) is 4.90 Å². The summed E-state index contributed by atoms with van der Waals surface area (Å²) in [5, 5.41) is 4.07. The van der Waals surface area contributed by atoms with Crippen molar-refractivity contribution >= 4 is 5.95 Å². The number of ether oxygens (including phenoxy) is 1. The number of aromatic nitrogens is 3. The number of hydrogen-bond donors (Lipinski definition) is 0. The van der Waals surface area contributed by atoms with Gasteiger partial charge in [0.25, 0.3) is 5.92 Å². The van der Waals surface area contributed by atoms with Gasteiger partial charge in [-0.15, -0.1) is 0 Å². The van der Waals surface area contributed by atoms with Crippen molar-refractivity contribution in [1.29, 1.82) is 0 Å². The summed E-state index contributed by atoms with van der Waals surface area (Å²) in [6.07, 6.45) is 2.47. The molecule has 0 radical (unpaired) electrons. The zero-order valence-electron chi connectivity index (χ0n) is 17.5. The van der Waals surface area contributed by atoms with Crippen LogP contribution >= 0.6 is 0 Å². The Morgan fingerprint density at radius 1 is 1.13 bits per heavy atom. The largest absolute Gasteiger partial charge is 0.376 e. The van der Waals surface area contributed by atoms with Gasteiger partial charge in [0.1, 0.15) is 5.76 Å². The van der Waals surface area contributed by atoms with Gasteiger partial charge in [-0.25, -0.2) is 18.7 Å². The molecule has 2 fully saturated rings. The summed E-state index contributed by atoms with van der Waals surface area (Å²) in [5.41, 5.74) is 3.91. The minimum absolute atomic E-state index is 0.146. The zero-order chi connectivity index (χ0) is 20.9. The van der Waals surface area contributed by atoms with Gasteiger partial charge in [0.2, 0.25) is 5.95 Å². The molecule has 5 heterocycles. The maximum Gasteiger partial charge on any atom is 0.251 e. The Morgan fingerprint density at radius 2 is 1.93 bits per heavy atom. The van der Waals surface area contributed by atoms with Gasteiger partial charge in [0, 0.05) is 56.3 Å². The van der Waals surface area contributed by atoms with Crippen LogP contribution in [0, 0.1) is 13.8 Å². The Labute approximate surface area is 174 Å². The summed E-state index contributed by atoms with van der Waals surface area (Å²) >= 11 is 0. The van der Waals surface area contributed by atoms with Crippen LogP contribution in [0.15, 0.2) is 10.7 Å².